The number of thiophene rings is 1. The summed E-state index contributed by atoms with van der Waals surface area (Å²) in [4.78, 5) is 6.57. The number of benzene rings is 2. The number of nitrogens with one attached hydrogen (secondary N) is 1. The van der Waals surface area contributed by atoms with E-state index in [9.17, 15) is 8.42 Å². The summed E-state index contributed by atoms with van der Waals surface area (Å²) in [6, 6.07) is 13.7. The predicted molar refractivity (Wildman–Crippen MR) is 127 cm³/mol. The Kier molecular flexibility index (Phi) is 5.53. The molecule has 0 spiro atoms. The van der Waals surface area contributed by atoms with Crippen molar-refractivity contribution >= 4 is 60.5 Å². The lowest BCUT2D eigenvalue weighted by molar-refractivity contribution is 0.601. The fourth-order valence-electron chi connectivity index (χ4n) is 3.40. The average molecular weight is 477 g/mol. The lowest BCUT2D eigenvalue weighted by Crippen LogP contribution is -2.13. The number of aryl methyl sites for hydroxylation is 3. The van der Waals surface area contributed by atoms with Gasteiger partial charge in [-0.15, -0.1) is 11.3 Å². The number of hydrogen-bond acceptors (Lipinski definition) is 4. The van der Waals surface area contributed by atoms with Gasteiger partial charge in [-0.2, -0.15) is 0 Å². The van der Waals surface area contributed by atoms with Gasteiger partial charge in [0.1, 0.15) is 4.83 Å². The van der Waals surface area contributed by atoms with Gasteiger partial charge < -0.3 is 0 Å². The van der Waals surface area contributed by atoms with Crippen LogP contribution in [0.4, 0.5) is 5.69 Å². The lowest BCUT2D eigenvalue weighted by atomic mass is 10.0. The second-order valence-electron chi connectivity index (χ2n) is 7.05. The Morgan fingerprint density at radius 2 is 1.77 bits per heavy atom. The normalized spacial score (nSPS) is 11.8. The quantitative estimate of drug-likeness (QED) is 0.344. The van der Waals surface area contributed by atoms with E-state index in [1.165, 1.54) is 23.5 Å². The number of nitrogens with zero attached hydrogens (tertiary/aromatic N) is 1. The molecule has 0 saturated carbocycles. The van der Waals surface area contributed by atoms with Gasteiger partial charge in [-0.3, -0.25) is 4.72 Å². The molecule has 0 fully saturated rings. The molecule has 0 unspecified atom stereocenters. The van der Waals surface area contributed by atoms with E-state index in [0.717, 1.165) is 37.5 Å². The molecule has 0 aliphatic heterocycles. The molecular formula is C22H18Cl2N2O2S2. The van der Waals surface area contributed by atoms with Crippen molar-refractivity contribution < 1.29 is 8.42 Å². The smallest absolute Gasteiger partial charge is 0.261 e. The molecule has 154 valence electrons. The summed E-state index contributed by atoms with van der Waals surface area (Å²) in [5, 5.41) is 1.82. The highest BCUT2D eigenvalue weighted by Crippen LogP contribution is 2.42. The molecule has 2 heterocycles. The molecule has 1 N–H and O–H groups in total. The Labute approximate surface area is 189 Å². The first-order valence-electron chi connectivity index (χ1n) is 9.11. The highest BCUT2D eigenvalue weighted by atomic mass is 35.5. The minimum absolute atomic E-state index is 0.105. The molecule has 0 aliphatic rings. The van der Waals surface area contributed by atoms with E-state index in [4.69, 9.17) is 23.2 Å². The summed E-state index contributed by atoms with van der Waals surface area (Å²) in [6.07, 6.45) is 0. The van der Waals surface area contributed by atoms with Crippen molar-refractivity contribution in [2.24, 2.45) is 0 Å². The zero-order valence-electron chi connectivity index (χ0n) is 16.5. The van der Waals surface area contributed by atoms with Gasteiger partial charge in [0, 0.05) is 31.6 Å². The maximum Gasteiger partial charge on any atom is 0.261 e. The maximum atomic E-state index is 13.1. The number of fused-ring (bicyclic) bond motifs is 1. The molecule has 0 amide bonds. The Bertz CT molecular complexity index is 1400. The van der Waals surface area contributed by atoms with Crippen molar-refractivity contribution in [1.82, 2.24) is 4.98 Å². The van der Waals surface area contributed by atoms with E-state index in [1.54, 1.807) is 18.2 Å². The van der Waals surface area contributed by atoms with Gasteiger partial charge in [0.15, 0.2) is 0 Å². The predicted octanol–water partition coefficient (Wildman–Crippen LogP) is 7.00. The number of sulfonamides is 1. The molecule has 8 heteroatoms. The van der Waals surface area contributed by atoms with Crippen LogP contribution in [0.25, 0.3) is 21.3 Å². The summed E-state index contributed by atoms with van der Waals surface area (Å²) in [7, 11) is -3.83. The third kappa shape index (κ3) is 3.93. The number of aromatic nitrogens is 1. The van der Waals surface area contributed by atoms with Crippen molar-refractivity contribution in [3.8, 4) is 11.1 Å². The average Bonchev–Trinajstić information content (AvgIpc) is 2.99. The largest absolute Gasteiger partial charge is 0.279 e. The van der Waals surface area contributed by atoms with Gasteiger partial charge in [0.2, 0.25) is 0 Å². The minimum atomic E-state index is -3.83. The monoisotopic (exact) mass is 476 g/mol. The molecule has 0 bridgehead atoms. The van der Waals surface area contributed by atoms with Crippen LogP contribution in [0.2, 0.25) is 10.0 Å². The summed E-state index contributed by atoms with van der Waals surface area (Å²) < 4.78 is 28.9. The molecule has 2 aromatic heterocycles. The van der Waals surface area contributed by atoms with Crippen LogP contribution in [-0.2, 0) is 10.0 Å². The highest BCUT2D eigenvalue weighted by molar-refractivity contribution is 7.92. The first kappa shape index (κ1) is 21.1. The molecule has 2 aromatic carbocycles. The van der Waals surface area contributed by atoms with Crippen LogP contribution in [0.3, 0.4) is 0 Å². The zero-order valence-corrected chi connectivity index (χ0v) is 19.6. The van der Waals surface area contributed by atoms with Crippen LogP contribution < -0.4 is 4.72 Å². The molecule has 0 aliphatic carbocycles. The van der Waals surface area contributed by atoms with Crippen LogP contribution in [0.5, 0.6) is 0 Å². The highest BCUT2D eigenvalue weighted by Gasteiger charge is 2.21. The topological polar surface area (TPSA) is 59.1 Å². The molecular weight excluding hydrogens is 459 g/mol. The second kappa shape index (κ2) is 7.85. The van der Waals surface area contributed by atoms with Crippen LogP contribution in [0.15, 0.2) is 53.4 Å². The van der Waals surface area contributed by atoms with Gasteiger partial charge in [-0.1, -0.05) is 35.3 Å². The summed E-state index contributed by atoms with van der Waals surface area (Å²) in [5.41, 5.74) is 4.09. The molecule has 4 rings (SSSR count). The number of anilines is 1. The fraction of sp³-hybridized carbons (Fsp3) is 0.136. The van der Waals surface area contributed by atoms with Gasteiger partial charge in [0.05, 0.1) is 10.6 Å². The first-order valence-corrected chi connectivity index (χ1v) is 12.2. The molecule has 0 saturated heterocycles. The van der Waals surface area contributed by atoms with Crippen LogP contribution in [0, 0.1) is 20.8 Å². The number of rotatable bonds is 4. The molecule has 30 heavy (non-hydrogen) atoms. The van der Waals surface area contributed by atoms with Gasteiger partial charge in [-0.05, 0) is 68.3 Å². The SMILES string of the molecule is Cc1cc(NS(=O)(=O)c2cccc(Cl)c2)c2c(-c3ccc(Cl)c(C)c3)c(C)sc2n1. The van der Waals surface area contributed by atoms with E-state index in [0.29, 0.717) is 15.7 Å². The van der Waals surface area contributed by atoms with E-state index in [1.807, 2.05) is 39.0 Å². The van der Waals surface area contributed by atoms with Crippen LogP contribution >= 0.6 is 34.5 Å². The summed E-state index contributed by atoms with van der Waals surface area (Å²) in [6.45, 7) is 5.80. The first-order chi connectivity index (χ1) is 14.2. The van der Waals surface area contributed by atoms with Gasteiger partial charge in [0.25, 0.3) is 10.0 Å². The van der Waals surface area contributed by atoms with Gasteiger partial charge >= 0.3 is 0 Å². The lowest BCUT2D eigenvalue weighted by Gasteiger charge is -2.12. The second-order valence-corrected chi connectivity index (χ2v) is 10.8. The third-order valence-corrected chi connectivity index (χ3v) is 7.78. The van der Waals surface area contributed by atoms with Crippen LogP contribution in [-0.4, -0.2) is 13.4 Å². The van der Waals surface area contributed by atoms with Crippen molar-refractivity contribution in [3.63, 3.8) is 0 Å². The Balaban J connectivity index is 1.93. The zero-order chi connectivity index (χ0) is 21.6. The van der Waals surface area contributed by atoms with Gasteiger partial charge in [-0.25, -0.2) is 13.4 Å². The maximum absolute atomic E-state index is 13.1. The van der Waals surface area contributed by atoms with Crippen molar-refractivity contribution in [2.75, 3.05) is 4.72 Å². The van der Waals surface area contributed by atoms with Crippen molar-refractivity contribution in [3.05, 3.63) is 74.7 Å². The number of pyridine rings is 1. The van der Waals surface area contributed by atoms with E-state index >= 15 is 0 Å². The van der Waals surface area contributed by atoms with Crippen molar-refractivity contribution in [2.45, 2.75) is 25.7 Å². The van der Waals surface area contributed by atoms with Crippen LogP contribution in [0.1, 0.15) is 16.1 Å². The summed E-state index contributed by atoms with van der Waals surface area (Å²) in [5.74, 6) is 0. The Hall–Kier alpha value is -2.12. The van der Waals surface area contributed by atoms with E-state index in [-0.39, 0.29) is 4.90 Å². The molecule has 4 aromatic rings. The molecule has 4 nitrogen and oxygen atoms in total. The standard InChI is InChI=1S/C22H18Cl2N2O2S2/c1-12-9-15(7-8-18(12)24)20-14(3)29-22-21(20)19(10-13(2)25-22)26-30(27,28)17-6-4-5-16(23)11-17/h4-11H,1-3H3,(H,25,26). The summed E-state index contributed by atoms with van der Waals surface area (Å²) >= 11 is 13.7. The Morgan fingerprint density at radius 1 is 1.00 bits per heavy atom. The molecule has 0 atom stereocenters. The number of halogens is 2. The van der Waals surface area contributed by atoms with E-state index in [2.05, 4.69) is 9.71 Å². The minimum Gasteiger partial charge on any atom is -0.279 e. The Morgan fingerprint density at radius 3 is 2.47 bits per heavy atom. The fourth-order valence-corrected chi connectivity index (χ4v) is 5.99. The number of hydrogen-bond donors (Lipinski definition) is 1. The van der Waals surface area contributed by atoms with E-state index < -0.39 is 10.0 Å². The molecule has 0 radical (unpaired) electrons. The van der Waals surface area contributed by atoms with Crippen molar-refractivity contribution in [1.29, 1.82) is 0 Å². The third-order valence-electron chi connectivity index (χ3n) is 4.76.